The zero-order chi connectivity index (χ0) is 6.95. The van der Waals surface area contributed by atoms with Gasteiger partial charge in [0.1, 0.15) is 0 Å². The first-order chi connectivity index (χ1) is 4.41. The van der Waals surface area contributed by atoms with E-state index in [1.165, 1.54) is 17.9 Å². The lowest BCUT2D eigenvalue weighted by Crippen LogP contribution is -1.89. The Kier molecular flexibility index (Phi) is 9.30. The van der Waals surface area contributed by atoms with Gasteiger partial charge in [-0.3, -0.25) is 0 Å². The summed E-state index contributed by atoms with van der Waals surface area (Å²) in [7, 11) is 0. The van der Waals surface area contributed by atoms with E-state index in [-0.39, 0.29) is 0 Å². The van der Waals surface area contributed by atoms with Crippen molar-refractivity contribution in [2.75, 3.05) is 30.1 Å². The Labute approximate surface area is 65.6 Å². The molecule has 0 bridgehead atoms. The summed E-state index contributed by atoms with van der Waals surface area (Å²) in [4.78, 5) is 0. The van der Waals surface area contributed by atoms with Crippen LogP contribution >= 0.6 is 23.5 Å². The van der Waals surface area contributed by atoms with Crippen LogP contribution in [-0.4, -0.2) is 35.2 Å². The van der Waals surface area contributed by atoms with E-state index >= 15 is 0 Å². The average molecular weight is 166 g/mol. The number of hydrogen-bond acceptors (Lipinski definition) is 3. The van der Waals surface area contributed by atoms with Gasteiger partial charge in [-0.1, -0.05) is 0 Å². The van der Waals surface area contributed by atoms with E-state index in [2.05, 4.69) is 6.26 Å². The maximum atomic E-state index is 8.40. The molecule has 0 radical (unpaired) electrons. The van der Waals surface area contributed by atoms with Crippen molar-refractivity contribution < 1.29 is 5.11 Å². The van der Waals surface area contributed by atoms with E-state index in [4.69, 9.17) is 5.11 Å². The van der Waals surface area contributed by atoms with Gasteiger partial charge in [-0.15, -0.1) is 0 Å². The molecule has 0 fully saturated rings. The van der Waals surface area contributed by atoms with Crippen LogP contribution in [0.3, 0.4) is 0 Å². The minimum absolute atomic E-state index is 0.323. The van der Waals surface area contributed by atoms with E-state index in [1.54, 1.807) is 0 Å². The van der Waals surface area contributed by atoms with E-state index in [0.29, 0.717) is 6.61 Å². The molecule has 0 rings (SSSR count). The third kappa shape index (κ3) is 8.66. The highest BCUT2D eigenvalue weighted by Gasteiger charge is 1.86. The van der Waals surface area contributed by atoms with Crippen LogP contribution in [0.25, 0.3) is 0 Å². The van der Waals surface area contributed by atoms with Crippen molar-refractivity contribution in [1.82, 2.24) is 0 Å². The molecular weight excluding hydrogens is 152 g/mol. The van der Waals surface area contributed by atoms with Crippen LogP contribution in [0.5, 0.6) is 0 Å². The third-order valence-corrected chi connectivity index (χ3v) is 2.62. The summed E-state index contributed by atoms with van der Waals surface area (Å²) in [6, 6.07) is 0. The van der Waals surface area contributed by atoms with Gasteiger partial charge in [0.2, 0.25) is 0 Å². The van der Waals surface area contributed by atoms with Crippen molar-refractivity contribution in [3.8, 4) is 0 Å². The van der Waals surface area contributed by atoms with Crippen LogP contribution in [0.15, 0.2) is 0 Å². The summed E-state index contributed by atoms with van der Waals surface area (Å²) in [6.07, 6.45) is 3.39. The minimum atomic E-state index is 0.323. The number of aliphatic hydroxyl groups excluding tert-OH is 1. The summed E-state index contributed by atoms with van der Waals surface area (Å²) in [6.45, 7) is 0.323. The lowest BCUT2D eigenvalue weighted by Gasteiger charge is -1.96. The lowest BCUT2D eigenvalue weighted by atomic mass is 10.6. The van der Waals surface area contributed by atoms with Crippen molar-refractivity contribution in [2.24, 2.45) is 0 Å². The van der Waals surface area contributed by atoms with Crippen LogP contribution in [0.1, 0.15) is 6.42 Å². The topological polar surface area (TPSA) is 20.2 Å². The molecule has 0 atom stereocenters. The monoisotopic (exact) mass is 166 g/mol. The second kappa shape index (κ2) is 8.66. The second-order valence-corrected chi connectivity index (χ2v) is 3.89. The molecule has 0 amide bonds. The Morgan fingerprint density at radius 1 is 1.22 bits per heavy atom. The molecule has 1 nitrogen and oxygen atoms in total. The van der Waals surface area contributed by atoms with Gasteiger partial charge >= 0.3 is 0 Å². The summed E-state index contributed by atoms with van der Waals surface area (Å²) in [5.74, 6) is 3.34. The molecule has 0 aliphatic carbocycles. The molecule has 0 aromatic rings. The van der Waals surface area contributed by atoms with Crippen LogP contribution < -0.4 is 0 Å². The predicted octanol–water partition coefficient (Wildman–Crippen LogP) is 1.46. The zero-order valence-corrected chi connectivity index (χ0v) is 7.43. The average Bonchev–Trinajstić information content (AvgIpc) is 1.89. The maximum absolute atomic E-state index is 8.40. The van der Waals surface area contributed by atoms with Gasteiger partial charge in [-0.25, -0.2) is 0 Å². The fraction of sp³-hybridized carbons (Fsp3) is 1.00. The Balaban J connectivity index is 2.60. The van der Waals surface area contributed by atoms with Crippen molar-refractivity contribution in [2.45, 2.75) is 6.42 Å². The molecule has 0 saturated carbocycles. The number of hydrogen-bond donors (Lipinski definition) is 1. The van der Waals surface area contributed by atoms with Gasteiger partial charge in [-0.05, 0) is 24.2 Å². The summed E-state index contributed by atoms with van der Waals surface area (Å²) in [5.41, 5.74) is 0. The second-order valence-electron chi connectivity index (χ2n) is 1.68. The molecule has 1 N–H and O–H groups in total. The Hall–Kier alpha value is 0.660. The summed E-state index contributed by atoms with van der Waals surface area (Å²) < 4.78 is 0. The first-order valence-corrected chi connectivity index (χ1v) is 5.64. The molecule has 0 saturated heterocycles. The van der Waals surface area contributed by atoms with Gasteiger partial charge in [0.15, 0.2) is 0 Å². The van der Waals surface area contributed by atoms with Gasteiger partial charge in [0.25, 0.3) is 0 Å². The SMILES string of the molecule is CSCCCSCCO. The van der Waals surface area contributed by atoms with Crippen LogP contribution in [-0.2, 0) is 0 Å². The van der Waals surface area contributed by atoms with Crippen molar-refractivity contribution >= 4 is 23.5 Å². The third-order valence-electron chi connectivity index (χ3n) is 0.873. The summed E-state index contributed by atoms with van der Waals surface area (Å²) in [5, 5.41) is 8.40. The van der Waals surface area contributed by atoms with Crippen molar-refractivity contribution in [3.63, 3.8) is 0 Å². The van der Waals surface area contributed by atoms with Gasteiger partial charge in [0.05, 0.1) is 6.61 Å². The molecule has 0 heterocycles. The van der Waals surface area contributed by atoms with Gasteiger partial charge in [-0.2, -0.15) is 23.5 Å². The molecule has 56 valence electrons. The fourth-order valence-electron chi connectivity index (χ4n) is 0.472. The Bertz CT molecular complexity index is 44.3. The van der Waals surface area contributed by atoms with Crippen LogP contribution in [0.4, 0.5) is 0 Å². The standard InChI is InChI=1S/C6H14OS2/c1-8-4-2-5-9-6-3-7/h7H,2-6H2,1H3. The van der Waals surface area contributed by atoms with Gasteiger partial charge < -0.3 is 5.11 Å². The predicted molar refractivity (Wildman–Crippen MR) is 47.4 cm³/mol. The molecule has 0 aromatic carbocycles. The van der Waals surface area contributed by atoms with Crippen molar-refractivity contribution in [3.05, 3.63) is 0 Å². The first kappa shape index (κ1) is 9.66. The molecule has 0 unspecified atom stereocenters. The number of thioether (sulfide) groups is 2. The lowest BCUT2D eigenvalue weighted by molar-refractivity contribution is 0.322. The van der Waals surface area contributed by atoms with E-state index < -0.39 is 0 Å². The quantitative estimate of drug-likeness (QED) is 0.603. The highest BCUT2D eigenvalue weighted by Crippen LogP contribution is 2.04. The Morgan fingerprint density at radius 3 is 2.56 bits per heavy atom. The van der Waals surface area contributed by atoms with E-state index in [1.807, 2.05) is 23.5 Å². The zero-order valence-electron chi connectivity index (χ0n) is 5.80. The van der Waals surface area contributed by atoms with Crippen LogP contribution in [0.2, 0.25) is 0 Å². The molecule has 9 heavy (non-hydrogen) atoms. The smallest absolute Gasteiger partial charge is 0.0521 e. The fourth-order valence-corrected chi connectivity index (χ4v) is 1.77. The number of aliphatic hydroxyl groups is 1. The minimum Gasteiger partial charge on any atom is -0.396 e. The Morgan fingerprint density at radius 2 is 2.00 bits per heavy atom. The summed E-state index contributed by atoms with van der Waals surface area (Å²) >= 11 is 3.71. The largest absolute Gasteiger partial charge is 0.396 e. The molecule has 0 aromatic heterocycles. The molecule has 0 aliphatic heterocycles. The number of rotatable bonds is 6. The highest BCUT2D eigenvalue weighted by molar-refractivity contribution is 7.99. The van der Waals surface area contributed by atoms with Gasteiger partial charge in [0, 0.05) is 5.75 Å². The van der Waals surface area contributed by atoms with E-state index in [9.17, 15) is 0 Å². The highest BCUT2D eigenvalue weighted by atomic mass is 32.2. The van der Waals surface area contributed by atoms with Crippen LogP contribution in [0, 0.1) is 0 Å². The normalized spacial score (nSPS) is 10.0. The first-order valence-electron chi connectivity index (χ1n) is 3.09. The molecule has 0 spiro atoms. The van der Waals surface area contributed by atoms with E-state index in [0.717, 1.165) is 5.75 Å². The maximum Gasteiger partial charge on any atom is 0.0521 e. The molecule has 0 aliphatic rings. The molecular formula is C6H14OS2. The van der Waals surface area contributed by atoms with Crippen molar-refractivity contribution in [1.29, 1.82) is 0 Å². The molecule has 3 heteroatoms.